The number of imidazole rings is 1. The molecular weight excluding hydrogens is 326 g/mol. The molecule has 4 rings (SSSR count). The van der Waals surface area contributed by atoms with Gasteiger partial charge in [-0.25, -0.2) is 4.98 Å². The van der Waals surface area contributed by atoms with Crippen LogP contribution in [0.5, 0.6) is 0 Å². The molecule has 1 aromatic carbocycles. The van der Waals surface area contributed by atoms with Crippen LogP contribution in [0, 0.1) is 5.92 Å². The van der Waals surface area contributed by atoms with E-state index < -0.39 is 0 Å². The van der Waals surface area contributed by atoms with E-state index in [9.17, 15) is 4.79 Å². The first-order chi connectivity index (χ1) is 12.6. The fourth-order valence-electron chi connectivity index (χ4n) is 4.33. The van der Waals surface area contributed by atoms with Crippen molar-refractivity contribution >= 4 is 16.9 Å². The second kappa shape index (κ2) is 7.37. The van der Waals surface area contributed by atoms with E-state index in [1.165, 1.54) is 5.52 Å². The molecule has 0 saturated carbocycles. The van der Waals surface area contributed by atoms with Gasteiger partial charge in [-0.2, -0.15) is 0 Å². The minimum absolute atomic E-state index is 0.128. The molecule has 3 heterocycles. The molecule has 0 unspecified atom stereocenters. The van der Waals surface area contributed by atoms with Crippen molar-refractivity contribution in [1.29, 1.82) is 0 Å². The van der Waals surface area contributed by atoms with Crippen molar-refractivity contribution < 1.29 is 4.79 Å². The molecule has 2 aromatic rings. The fraction of sp³-hybridized carbons (Fsp3) is 0.600. The zero-order valence-corrected chi connectivity index (χ0v) is 15.8. The molecule has 1 N–H and O–H groups in total. The number of likely N-dealkylation sites (tertiary alicyclic amines) is 1. The van der Waals surface area contributed by atoms with Gasteiger partial charge in [-0.1, -0.05) is 12.1 Å². The summed E-state index contributed by atoms with van der Waals surface area (Å²) in [5.41, 5.74) is 2.21. The molecule has 6 nitrogen and oxygen atoms in total. The minimum Gasteiger partial charge on any atom is -0.340 e. The van der Waals surface area contributed by atoms with Crippen LogP contribution in [0.25, 0.3) is 11.0 Å². The second-order valence-electron chi connectivity index (χ2n) is 7.79. The summed E-state index contributed by atoms with van der Waals surface area (Å²) in [6.07, 6.45) is 2.10. The lowest BCUT2D eigenvalue weighted by atomic mass is 9.96. The number of nitrogens with zero attached hydrogens (tertiary/aromatic N) is 4. The third-order valence-electron chi connectivity index (χ3n) is 5.78. The standard InChI is InChI=1S/C20H29N5O/c1-15-12-25(11-9-21-15)20(26)16-6-5-10-24(13-16)14-19-22-17-7-3-4-8-18(17)23(19)2/h3-4,7-8,15-16,21H,5-6,9-14H2,1-2H3/t15-,16-/m1/s1. The number of fused-ring (bicyclic) bond motifs is 1. The number of hydrogen-bond acceptors (Lipinski definition) is 4. The minimum atomic E-state index is 0.128. The van der Waals surface area contributed by atoms with E-state index in [-0.39, 0.29) is 5.92 Å². The third-order valence-corrected chi connectivity index (χ3v) is 5.78. The van der Waals surface area contributed by atoms with Gasteiger partial charge >= 0.3 is 0 Å². The number of hydrogen-bond donors (Lipinski definition) is 1. The maximum atomic E-state index is 13.0. The Kier molecular flexibility index (Phi) is 4.96. The molecule has 0 bridgehead atoms. The zero-order valence-electron chi connectivity index (χ0n) is 15.8. The van der Waals surface area contributed by atoms with E-state index in [2.05, 4.69) is 51.9 Å². The van der Waals surface area contributed by atoms with Crippen molar-refractivity contribution in [3.63, 3.8) is 0 Å². The van der Waals surface area contributed by atoms with E-state index in [1.807, 2.05) is 6.07 Å². The van der Waals surface area contributed by atoms with Gasteiger partial charge in [0.05, 0.1) is 23.5 Å². The smallest absolute Gasteiger partial charge is 0.227 e. The van der Waals surface area contributed by atoms with Crippen LogP contribution in [-0.2, 0) is 18.4 Å². The average Bonchev–Trinajstić information content (AvgIpc) is 2.97. The Morgan fingerprint density at radius 1 is 1.27 bits per heavy atom. The maximum Gasteiger partial charge on any atom is 0.227 e. The van der Waals surface area contributed by atoms with Gasteiger partial charge in [0.25, 0.3) is 0 Å². The lowest BCUT2D eigenvalue weighted by molar-refractivity contribution is -0.138. The molecule has 2 saturated heterocycles. The van der Waals surface area contributed by atoms with Crippen molar-refractivity contribution in [2.45, 2.75) is 32.4 Å². The van der Waals surface area contributed by atoms with Crippen LogP contribution in [0.15, 0.2) is 24.3 Å². The van der Waals surface area contributed by atoms with Gasteiger partial charge in [0.2, 0.25) is 5.91 Å². The highest BCUT2D eigenvalue weighted by molar-refractivity contribution is 5.79. The van der Waals surface area contributed by atoms with Crippen LogP contribution in [0.1, 0.15) is 25.6 Å². The average molecular weight is 355 g/mol. The van der Waals surface area contributed by atoms with Gasteiger partial charge < -0.3 is 14.8 Å². The van der Waals surface area contributed by atoms with Crippen molar-refractivity contribution in [3.8, 4) is 0 Å². The number of carbonyl (C=O) groups is 1. The molecule has 140 valence electrons. The highest BCUT2D eigenvalue weighted by atomic mass is 16.2. The molecule has 1 aromatic heterocycles. The van der Waals surface area contributed by atoms with Gasteiger partial charge in [0.15, 0.2) is 0 Å². The van der Waals surface area contributed by atoms with Crippen molar-refractivity contribution in [2.75, 3.05) is 32.7 Å². The molecular formula is C20H29N5O. The largest absolute Gasteiger partial charge is 0.340 e. The molecule has 26 heavy (non-hydrogen) atoms. The Balaban J connectivity index is 1.43. The number of nitrogens with one attached hydrogen (secondary N) is 1. The topological polar surface area (TPSA) is 53.4 Å². The number of rotatable bonds is 3. The second-order valence-corrected chi connectivity index (χ2v) is 7.79. The summed E-state index contributed by atoms with van der Waals surface area (Å²) in [5.74, 6) is 1.55. The molecule has 2 atom stereocenters. The number of aryl methyl sites for hydroxylation is 1. The van der Waals surface area contributed by atoms with Gasteiger partial charge in [-0.05, 0) is 38.4 Å². The first-order valence-corrected chi connectivity index (χ1v) is 9.76. The highest BCUT2D eigenvalue weighted by Crippen LogP contribution is 2.22. The summed E-state index contributed by atoms with van der Waals surface area (Å²) < 4.78 is 2.18. The van der Waals surface area contributed by atoms with Crippen LogP contribution >= 0.6 is 0 Å². The summed E-state index contributed by atoms with van der Waals surface area (Å²) in [7, 11) is 2.08. The number of para-hydroxylation sites is 2. The van der Waals surface area contributed by atoms with Crippen molar-refractivity contribution in [3.05, 3.63) is 30.1 Å². The summed E-state index contributed by atoms with van der Waals surface area (Å²) in [6.45, 7) is 7.43. The first kappa shape index (κ1) is 17.5. The first-order valence-electron chi connectivity index (χ1n) is 9.76. The van der Waals surface area contributed by atoms with E-state index in [0.717, 1.165) is 63.5 Å². The van der Waals surface area contributed by atoms with Crippen LogP contribution in [0.3, 0.4) is 0 Å². The Hall–Kier alpha value is -1.92. The number of amides is 1. The summed E-state index contributed by atoms with van der Waals surface area (Å²) in [4.78, 5) is 22.2. The third kappa shape index (κ3) is 3.48. The molecule has 2 aliphatic heterocycles. The monoisotopic (exact) mass is 355 g/mol. The lowest BCUT2D eigenvalue weighted by Crippen LogP contribution is -2.54. The van der Waals surface area contributed by atoms with Gasteiger partial charge in [0, 0.05) is 39.3 Å². The van der Waals surface area contributed by atoms with Gasteiger partial charge in [-0.3, -0.25) is 9.69 Å². The molecule has 0 spiro atoms. The predicted molar refractivity (Wildman–Crippen MR) is 103 cm³/mol. The van der Waals surface area contributed by atoms with E-state index in [4.69, 9.17) is 4.98 Å². The van der Waals surface area contributed by atoms with Crippen LogP contribution in [0.4, 0.5) is 0 Å². The van der Waals surface area contributed by atoms with Gasteiger partial charge in [0.1, 0.15) is 5.82 Å². The molecule has 2 aliphatic rings. The highest BCUT2D eigenvalue weighted by Gasteiger charge is 2.31. The van der Waals surface area contributed by atoms with Crippen molar-refractivity contribution in [2.24, 2.45) is 13.0 Å². The SMILES string of the molecule is C[C@@H]1CN(C(=O)[C@@H]2CCCN(Cc3nc4ccccc4n3C)C2)CCN1. The molecule has 1 amide bonds. The Labute approximate surface area is 155 Å². The van der Waals surface area contributed by atoms with E-state index >= 15 is 0 Å². The van der Waals surface area contributed by atoms with E-state index in [0.29, 0.717) is 11.9 Å². The predicted octanol–water partition coefficient (Wildman–Crippen LogP) is 1.61. The summed E-state index contributed by atoms with van der Waals surface area (Å²) in [5, 5.41) is 3.41. The Morgan fingerprint density at radius 2 is 2.12 bits per heavy atom. The summed E-state index contributed by atoms with van der Waals surface area (Å²) >= 11 is 0. The van der Waals surface area contributed by atoms with Crippen LogP contribution in [-0.4, -0.2) is 64.0 Å². The molecule has 6 heteroatoms. The van der Waals surface area contributed by atoms with Crippen LogP contribution in [0.2, 0.25) is 0 Å². The number of aromatic nitrogens is 2. The quantitative estimate of drug-likeness (QED) is 0.909. The maximum absolute atomic E-state index is 13.0. The molecule has 2 fully saturated rings. The van der Waals surface area contributed by atoms with E-state index in [1.54, 1.807) is 0 Å². The number of piperazine rings is 1. The van der Waals surface area contributed by atoms with Crippen molar-refractivity contribution in [1.82, 2.24) is 24.7 Å². The summed E-state index contributed by atoms with van der Waals surface area (Å²) in [6, 6.07) is 8.65. The van der Waals surface area contributed by atoms with Gasteiger partial charge in [-0.15, -0.1) is 0 Å². The number of carbonyl (C=O) groups excluding carboxylic acids is 1. The normalized spacial score (nSPS) is 24.9. The number of piperidine rings is 1. The fourth-order valence-corrected chi connectivity index (χ4v) is 4.33. The Bertz CT molecular complexity index is 786. The Morgan fingerprint density at radius 3 is 2.92 bits per heavy atom. The number of benzene rings is 1. The zero-order chi connectivity index (χ0) is 18.1. The lowest BCUT2D eigenvalue weighted by Gasteiger charge is -2.37. The molecule has 0 aliphatic carbocycles. The van der Waals surface area contributed by atoms with Crippen LogP contribution < -0.4 is 5.32 Å². The molecule has 0 radical (unpaired) electrons.